The number of hydrogen-bond donors (Lipinski definition) is 0. The standard InChI is InChI=1S/C13H14N6/c1-10-7-12-13(14-4-6-19(12)16-10)17-8-11(9-17)18-5-2-3-15-18/h2-7,11H,8-9H2,1H3. The number of anilines is 1. The monoisotopic (exact) mass is 254 g/mol. The molecule has 19 heavy (non-hydrogen) atoms. The first-order valence-electron chi connectivity index (χ1n) is 6.36. The van der Waals surface area contributed by atoms with E-state index in [1.807, 2.05) is 40.8 Å². The average molecular weight is 254 g/mol. The summed E-state index contributed by atoms with van der Waals surface area (Å²) in [7, 11) is 0. The molecule has 4 heterocycles. The van der Waals surface area contributed by atoms with Gasteiger partial charge < -0.3 is 4.90 Å². The van der Waals surface area contributed by atoms with Crippen LogP contribution in [0.4, 0.5) is 5.82 Å². The van der Waals surface area contributed by atoms with Crippen LogP contribution in [0.2, 0.25) is 0 Å². The molecule has 1 aliphatic rings. The number of hydrogen-bond acceptors (Lipinski definition) is 4. The molecule has 4 rings (SSSR count). The van der Waals surface area contributed by atoms with Crippen LogP contribution in [-0.2, 0) is 0 Å². The summed E-state index contributed by atoms with van der Waals surface area (Å²) in [5.41, 5.74) is 2.08. The van der Waals surface area contributed by atoms with Crippen molar-refractivity contribution in [3.05, 3.63) is 42.6 Å². The highest BCUT2D eigenvalue weighted by Gasteiger charge is 2.30. The van der Waals surface area contributed by atoms with Crippen molar-refractivity contribution in [2.75, 3.05) is 18.0 Å². The largest absolute Gasteiger partial charge is 0.350 e. The molecule has 0 aromatic carbocycles. The van der Waals surface area contributed by atoms with E-state index in [1.165, 1.54) is 0 Å². The first-order chi connectivity index (χ1) is 9.31. The topological polar surface area (TPSA) is 51.2 Å². The lowest BCUT2D eigenvalue weighted by Gasteiger charge is -2.40. The Balaban J connectivity index is 1.63. The third-order valence-corrected chi connectivity index (χ3v) is 3.55. The van der Waals surface area contributed by atoms with Gasteiger partial charge >= 0.3 is 0 Å². The van der Waals surface area contributed by atoms with Gasteiger partial charge in [-0.05, 0) is 19.1 Å². The van der Waals surface area contributed by atoms with Crippen molar-refractivity contribution in [3.63, 3.8) is 0 Å². The second-order valence-electron chi connectivity index (χ2n) is 4.91. The third-order valence-electron chi connectivity index (χ3n) is 3.55. The van der Waals surface area contributed by atoms with Crippen LogP contribution in [0.15, 0.2) is 36.9 Å². The summed E-state index contributed by atoms with van der Waals surface area (Å²) < 4.78 is 3.90. The Morgan fingerprint density at radius 1 is 1.21 bits per heavy atom. The van der Waals surface area contributed by atoms with Gasteiger partial charge in [0, 0.05) is 37.9 Å². The molecule has 0 atom stereocenters. The number of aryl methyl sites for hydroxylation is 1. The van der Waals surface area contributed by atoms with E-state index in [0.717, 1.165) is 30.1 Å². The van der Waals surface area contributed by atoms with Gasteiger partial charge in [0.05, 0.1) is 11.7 Å². The number of fused-ring (bicyclic) bond motifs is 1. The molecule has 3 aromatic heterocycles. The van der Waals surface area contributed by atoms with Gasteiger partial charge in [-0.2, -0.15) is 10.2 Å². The fourth-order valence-electron chi connectivity index (χ4n) is 2.57. The molecule has 1 saturated heterocycles. The molecule has 0 bridgehead atoms. The smallest absolute Gasteiger partial charge is 0.154 e. The Hall–Kier alpha value is -2.37. The maximum absolute atomic E-state index is 4.49. The minimum Gasteiger partial charge on any atom is -0.350 e. The number of nitrogens with zero attached hydrogens (tertiary/aromatic N) is 6. The van der Waals surface area contributed by atoms with Crippen LogP contribution in [-0.4, -0.2) is 37.5 Å². The first kappa shape index (κ1) is 10.5. The molecule has 0 aliphatic carbocycles. The van der Waals surface area contributed by atoms with Gasteiger partial charge in [-0.15, -0.1) is 0 Å². The molecular formula is C13H14N6. The Morgan fingerprint density at radius 3 is 2.89 bits per heavy atom. The van der Waals surface area contributed by atoms with Crippen LogP contribution in [0.25, 0.3) is 5.52 Å². The van der Waals surface area contributed by atoms with Gasteiger partial charge in [-0.25, -0.2) is 9.50 Å². The quantitative estimate of drug-likeness (QED) is 0.691. The van der Waals surface area contributed by atoms with E-state index in [1.54, 1.807) is 6.20 Å². The Kier molecular flexibility index (Phi) is 2.11. The molecule has 0 spiro atoms. The normalized spacial score (nSPS) is 15.9. The van der Waals surface area contributed by atoms with Gasteiger partial charge in [0.15, 0.2) is 5.82 Å². The van der Waals surface area contributed by atoms with Crippen LogP contribution in [0.1, 0.15) is 11.7 Å². The van der Waals surface area contributed by atoms with Gasteiger partial charge in [0.2, 0.25) is 0 Å². The molecule has 6 heteroatoms. The third kappa shape index (κ3) is 1.60. The molecule has 0 saturated carbocycles. The predicted molar refractivity (Wildman–Crippen MR) is 71.2 cm³/mol. The predicted octanol–water partition coefficient (Wildman–Crippen LogP) is 1.30. The second-order valence-corrected chi connectivity index (χ2v) is 4.91. The van der Waals surface area contributed by atoms with Crippen LogP contribution < -0.4 is 4.90 Å². The molecule has 1 fully saturated rings. The van der Waals surface area contributed by atoms with Crippen molar-refractivity contribution < 1.29 is 0 Å². The number of aromatic nitrogens is 5. The van der Waals surface area contributed by atoms with Gasteiger partial charge in [0.25, 0.3) is 0 Å². The lowest BCUT2D eigenvalue weighted by atomic mass is 10.1. The Bertz CT molecular complexity index is 708. The maximum atomic E-state index is 4.49. The van der Waals surface area contributed by atoms with Crippen molar-refractivity contribution in [1.29, 1.82) is 0 Å². The molecule has 0 unspecified atom stereocenters. The highest BCUT2D eigenvalue weighted by Crippen LogP contribution is 2.28. The molecule has 96 valence electrons. The zero-order chi connectivity index (χ0) is 12.8. The highest BCUT2D eigenvalue weighted by atomic mass is 15.4. The van der Waals surface area contributed by atoms with Crippen LogP contribution >= 0.6 is 0 Å². The van der Waals surface area contributed by atoms with Crippen LogP contribution in [0, 0.1) is 6.92 Å². The van der Waals surface area contributed by atoms with Crippen molar-refractivity contribution in [3.8, 4) is 0 Å². The summed E-state index contributed by atoms with van der Waals surface area (Å²) in [4.78, 5) is 6.76. The van der Waals surface area contributed by atoms with Crippen LogP contribution in [0.5, 0.6) is 0 Å². The average Bonchev–Trinajstić information content (AvgIpc) is 2.95. The second kappa shape index (κ2) is 3.81. The van der Waals surface area contributed by atoms with Gasteiger partial charge in [-0.3, -0.25) is 4.68 Å². The first-order valence-corrected chi connectivity index (χ1v) is 6.36. The van der Waals surface area contributed by atoms with E-state index in [9.17, 15) is 0 Å². The van der Waals surface area contributed by atoms with Crippen LogP contribution in [0.3, 0.4) is 0 Å². The zero-order valence-corrected chi connectivity index (χ0v) is 10.6. The fraction of sp³-hybridized carbons (Fsp3) is 0.308. The van der Waals surface area contributed by atoms with E-state index >= 15 is 0 Å². The maximum Gasteiger partial charge on any atom is 0.154 e. The van der Waals surface area contributed by atoms with E-state index in [2.05, 4.69) is 26.1 Å². The molecular weight excluding hydrogens is 240 g/mol. The van der Waals surface area contributed by atoms with Crippen molar-refractivity contribution >= 4 is 11.3 Å². The Morgan fingerprint density at radius 2 is 2.11 bits per heavy atom. The summed E-state index contributed by atoms with van der Waals surface area (Å²) in [6, 6.07) is 4.48. The fourth-order valence-corrected chi connectivity index (χ4v) is 2.57. The molecule has 3 aromatic rings. The summed E-state index contributed by atoms with van der Waals surface area (Å²) in [6.45, 7) is 3.89. The molecule has 0 radical (unpaired) electrons. The minimum absolute atomic E-state index is 0.445. The summed E-state index contributed by atoms with van der Waals surface area (Å²) in [6.07, 6.45) is 7.52. The zero-order valence-electron chi connectivity index (χ0n) is 10.6. The molecule has 6 nitrogen and oxygen atoms in total. The van der Waals surface area contributed by atoms with E-state index < -0.39 is 0 Å². The van der Waals surface area contributed by atoms with E-state index in [4.69, 9.17) is 0 Å². The highest BCUT2D eigenvalue weighted by molar-refractivity contribution is 5.70. The lowest BCUT2D eigenvalue weighted by Crippen LogP contribution is -2.48. The summed E-state index contributed by atoms with van der Waals surface area (Å²) in [5, 5.41) is 8.70. The van der Waals surface area contributed by atoms with Crippen molar-refractivity contribution in [2.24, 2.45) is 0 Å². The van der Waals surface area contributed by atoms with Crippen molar-refractivity contribution in [2.45, 2.75) is 13.0 Å². The van der Waals surface area contributed by atoms with Gasteiger partial charge in [-0.1, -0.05) is 0 Å². The SMILES string of the molecule is Cc1cc2c(N3CC(n4cccn4)C3)nccn2n1. The van der Waals surface area contributed by atoms with E-state index in [-0.39, 0.29) is 0 Å². The summed E-state index contributed by atoms with van der Waals surface area (Å²) >= 11 is 0. The molecule has 0 amide bonds. The lowest BCUT2D eigenvalue weighted by molar-refractivity contribution is 0.366. The van der Waals surface area contributed by atoms with Crippen molar-refractivity contribution in [1.82, 2.24) is 24.4 Å². The number of rotatable bonds is 2. The molecule has 0 N–H and O–H groups in total. The minimum atomic E-state index is 0.445. The molecule has 1 aliphatic heterocycles. The summed E-state index contributed by atoms with van der Waals surface area (Å²) in [5.74, 6) is 1.01. The van der Waals surface area contributed by atoms with Gasteiger partial charge in [0.1, 0.15) is 5.52 Å². The van der Waals surface area contributed by atoms with E-state index in [0.29, 0.717) is 6.04 Å². The Labute approximate surface area is 110 Å².